The van der Waals surface area contributed by atoms with E-state index < -0.39 is 0 Å². The molecule has 0 saturated carbocycles. The third-order valence-corrected chi connectivity index (χ3v) is 4.50. The number of ether oxygens (including phenoxy) is 1. The van der Waals surface area contributed by atoms with Crippen LogP contribution in [0.5, 0.6) is 5.75 Å². The summed E-state index contributed by atoms with van der Waals surface area (Å²) in [5, 5.41) is 0. The Kier molecular flexibility index (Phi) is 6.25. The van der Waals surface area contributed by atoms with Crippen LogP contribution in [0.1, 0.15) is 43.2 Å². The molecule has 2 rings (SSSR count). The number of hydrogen-bond donors (Lipinski definition) is 1. The van der Waals surface area contributed by atoms with E-state index in [1.54, 1.807) is 0 Å². The van der Waals surface area contributed by atoms with Gasteiger partial charge >= 0.3 is 0 Å². The summed E-state index contributed by atoms with van der Waals surface area (Å²) in [5.74, 6) is 1.10. The number of carbonyl (C=O) groups excluding carboxylic acids is 1. The summed E-state index contributed by atoms with van der Waals surface area (Å²) in [6, 6.07) is 6.34. The van der Waals surface area contributed by atoms with Crippen LogP contribution in [0.4, 0.5) is 0 Å². The number of rotatable bonds is 6. The molecule has 22 heavy (non-hydrogen) atoms. The zero-order valence-corrected chi connectivity index (χ0v) is 13.8. The van der Waals surface area contributed by atoms with Crippen molar-refractivity contribution in [1.29, 1.82) is 0 Å². The number of carbonyl (C=O) groups is 1. The molecule has 0 bridgehead atoms. The maximum Gasteiger partial charge on any atom is 0.222 e. The van der Waals surface area contributed by atoms with Gasteiger partial charge in [0.1, 0.15) is 5.75 Å². The smallest absolute Gasteiger partial charge is 0.222 e. The Morgan fingerprint density at radius 2 is 2.14 bits per heavy atom. The lowest BCUT2D eigenvalue weighted by Gasteiger charge is -2.35. The minimum Gasteiger partial charge on any atom is -0.494 e. The first kappa shape index (κ1) is 16.8. The monoisotopic (exact) mass is 304 g/mol. The second kappa shape index (κ2) is 8.18. The zero-order chi connectivity index (χ0) is 15.9. The van der Waals surface area contributed by atoms with E-state index in [1.165, 1.54) is 17.5 Å². The van der Waals surface area contributed by atoms with Crippen molar-refractivity contribution in [1.82, 2.24) is 4.90 Å². The van der Waals surface area contributed by atoms with Gasteiger partial charge in [0.05, 0.1) is 6.61 Å². The van der Waals surface area contributed by atoms with Crippen LogP contribution in [0.2, 0.25) is 0 Å². The second-order valence-electron chi connectivity index (χ2n) is 6.17. The summed E-state index contributed by atoms with van der Waals surface area (Å²) in [6.07, 6.45) is 4.62. The van der Waals surface area contributed by atoms with E-state index in [2.05, 4.69) is 19.9 Å². The average molecular weight is 304 g/mol. The van der Waals surface area contributed by atoms with Crippen molar-refractivity contribution in [2.24, 2.45) is 5.73 Å². The first-order chi connectivity index (χ1) is 10.6. The molecule has 2 N–H and O–H groups in total. The summed E-state index contributed by atoms with van der Waals surface area (Å²) in [6.45, 7) is 6.18. The highest BCUT2D eigenvalue weighted by molar-refractivity contribution is 5.76. The van der Waals surface area contributed by atoms with Crippen molar-refractivity contribution >= 4 is 5.91 Å². The summed E-state index contributed by atoms with van der Waals surface area (Å²) >= 11 is 0. The van der Waals surface area contributed by atoms with Crippen molar-refractivity contribution in [3.05, 3.63) is 29.3 Å². The first-order valence-corrected chi connectivity index (χ1v) is 8.31. The molecule has 1 fully saturated rings. The molecule has 0 spiro atoms. The van der Waals surface area contributed by atoms with Gasteiger partial charge in [0, 0.05) is 25.6 Å². The summed E-state index contributed by atoms with van der Waals surface area (Å²) < 4.78 is 5.74. The van der Waals surface area contributed by atoms with Crippen molar-refractivity contribution in [2.75, 3.05) is 19.7 Å². The van der Waals surface area contributed by atoms with Gasteiger partial charge < -0.3 is 15.4 Å². The van der Waals surface area contributed by atoms with E-state index in [0.29, 0.717) is 19.6 Å². The predicted octanol–water partition coefficient (Wildman–Crippen LogP) is 2.80. The number of likely N-dealkylation sites (tertiary alicyclic amines) is 1. The van der Waals surface area contributed by atoms with Crippen LogP contribution < -0.4 is 10.5 Å². The van der Waals surface area contributed by atoms with Gasteiger partial charge in [-0.3, -0.25) is 4.79 Å². The SMILES string of the molecule is Cc1ccc(OCCCC(=O)N2CCCCC2CN)cc1C. The molecule has 1 aliphatic heterocycles. The highest BCUT2D eigenvalue weighted by atomic mass is 16.5. The molecule has 1 unspecified atom stereocenters. The number of hydrogen-bond acceptors (Lipinski definition) is 3. The van der Waals surface area contributed by atoms with Gasteiger partial charge in [-0.1, -0.05) is 6.07 Å². The van der Waals surface area contributed by atoms with E-state index in [1.807, 2.05) is 17.0 Å². The highest BCUT2D eigenvalue weighted by Crippen LogP contribution is 2.19. The van der Waals surface area contributed by atoms with E-state index in [4.69, 9.17) is 10.5 Å². The first-order valence-electron chi connectivity index (χ1n) is 8.31. The molecular formula is C18H28N2O2. The molecule has 0 aromatic heterocycles. The lowest BCUT2D eigenvalue weighted by Crippen LogP contribution is -2.47. The number of nitrogens with zero attached hydrogens (tertiary/aromatic N) is 1. The fraction of sp³-hybridized carbons (Fsp3) is 0.611. The molecule has 1 atom stereocenters. The summed E-state index contributed by atoms with van der Waals surface area (Å²) in [5.41, 5.74) is 8.26. The normalized spacial score (nSPS) is 18.3. The Balaban J connectivity index is 1.73. The van der Waals surface area contributed by atoms with Gasteiger partial charge in [-0.25, -0.2) is 0 Å². The third kappa shape index (κ3) is 4.47. The highest BCUT2D eigenvalue weighted by Gasteiger charge is 2.24. The number of nitrogens with two attached hydrogens (primary N) is 1. The van der Waals surface area contributed by atoms with E-state index in [0.717, 1.165) is 31.6 Å². The molecule has 1 aromatic rings. The van der Waals surface area contributed by atoms with Crippen LogP contribution in [0.25, 0.3) is 0 Å². The van der Waals surface area contributed by atoms with Gasteiger partial charge in [-0.2, -0.15) is 0 Å². The Bertz CT molecular complexity index is 502. The Labute approximate surface area is 133 Å². The maximum atomic E-state index is 12.3. The van der Waals surface area contributed by atoms with Crippen LogP contribution in [0, 0.1) is 13.8 Å². The lowest BCUT2D eigenvalue weighted by molar-refractivity contribution is -0.134. The van der Waals surface area contributed by atoms with Gasteiger partial charge in [0.15, 0.2) is 0 Å². The largest absolute Gasteiger partial charge is 0.494 e. The molecule has 1 heterocycles. The minimum absolute atomic E-state index is 0.221. The molecular weight excluding hydrogens is 276 g/mol. The molecule has 1 amide bonds. The van der Waals surface area contributed by atoms with E-state index in [-0.39, 0.29) is 11.9 Å². The van der Waals surface area contributed by atoms with Gasteiger partial charge in [0.2, 0.25) is 5.91 Å². The van der Waals surface area contributed by atoms with Gasteiger partial charge in [0.25, 0.3) is 0 Å². The summed E-state index contributed by atoms with van der Waals surface area (Å²) in [7, 11) is 0. The molecule has 0 radical (unpaired) electrons. The zero-order valence-electron chi connectivity index (χ0n) is 13.8. The standard InChI is InChI=1S/C18H28N2O2/c1-14-8-9-17(12-15(14)2)22-11-5-7-18(21)20-10-4-3-6-16(20)13-19/h8-9,12,16H,3-7,10-11,13,19H2,1-2H3. The predicted molar refractivity (Wildman–Crippen MR) is 89.1 cm³/mol. The molecule has 1 aliphatic rings. The van der Waals surface area contributed by atoms with Crippen molar-refractivity contribution < 1.29 is 9.53 Å². The molecule has 4 heteroatoms. The Hall–Kier alpha value is -1.55. The maximum absolute atomic E-state index is 12.3. The summed E-state index contributed by atoms with van der Waals surface area (Å²) in [4.78, 5) is 14.3. The van der Waals surface area contributed by atoms with Crippen LogP contribution in [0.15, 0.2) is 18.2 Å². The van der Waals surface area contributed by atoms with Gasteiger partial charge in [-0.05, 0) is 62.8 Å². The second-order valence-corrected chi connectivity index (χ2v) is 6.17. The fourth-order valence-corrected chi connectivity index (χ4v) is 2.93. The van der Waals surface area contributed by atoms with Crippen LogP contribution in [-0.2, 0) is 4.79 Å². The Morgan fingerprint density at radius 1 is 1.32 bits per heavy atom. The molecule has 1 aromatic carbocycles. The van der Waals surface area contributed by atoms with Crippen molar-refractivity contribution in [3.8, 4) is 5.75 Å². The number of piperidine rings is 1. The van der Waals surface area contributed by atoms with Crippen LogP contribution in [-0.4, -0.2) is 36.5 Å². The van der Waals surface area contributed by atoms with Crippen LogP contribution >= 0.6 is 0 Å². The van der Waals surface area contributed by atoms with E-state index in [9.17, 15) is 4.79 Å². The lowest BCUT2D eigenvalue weighted by atomic mass is 10.0. The van der Waals surface area contributed by atoms with Crippen LogP contribution in [0.3, 0.4) is 0 Å². The molecule has 1 saturated heterocycles. The van der Waals surface area contributed by atoms with E-state index >= 15 is 0 Å². The quantitative estimate of drug-likeness (QED) is 0.822. The minimum atomic E-state index is 0.221. The number of aryl methyl sites for hydroxylation is 2. The Morgan fingerprint density at radius 3 is 2.86 bits per heavy atom. The van der Waals surface area contributed by atoms with Crippen molar-refractivity contribution in [3.63, 3.8) is 0 Å². The average Bonchev–Trinajstić information content (AvgIpc) is 2.54. The molecule has 0 aliphatic carbocycles. The molecule has 122 valence electrons. The fourth-order valence-electron chi connectivity index (χ4n) is 2.93. The number of benzene rings is 1. The van der Waals surface area contributed by atoms with Gasteiger partial charge in [-0.15, -0.1) is 0 Å². The topological polar surface area (TPSA) is 55.6 Å². The molecule has 4 nitrogen and oxygen atoms in total. The third-order valence-electron chi connectivity index (χ3n) is 4.50. The number of amides is 1. The van der Waals surface area contributed by atoms with Crippen molar-refractivity contribution in [2.45, 2.75) is 52.0 Å².